The summed E-state index contributed by atoms with van der Waals surface area (Å²) in [6.45, 7) is 1.94. The van der Waals surface area contributed by atoms with E-state index >= 15 is 0 Å². The van der Waals surface area contributed by atoms with Crippen LogP contribution in [0.5, 0.6) is 0 Å². The highest BCUT2D eigenvalue weighted by molar-refractivity contribution is 7.89. The van der Waals surface area contributed by atoms with Crippen molar-refractivity contribution in [2.24, 2.45) is 0 Å². The average Bonchev–Trinajstić information content (AvgIpc) is 2.98. The van der Waals surface area contributed by atoms with Crippen molar-refractivity contribution in [3.8, 4) is 0 Å². The zero-order valence-electron chi connectivity index (χ0n) is 14.2. The molecule has 1 aliphatic heterocycles. The molecule has 0 saturated heterocycles. The van der Waals surface area contributed by atoms with Crippen molar-refractivity contribution >= 4 is 27.5 Å². The van der Waals surface area contributed by atoms with Gasteiger partial charge in [-0.25, -0.2) is 13.1 Å². The number of nitrogens with one attached hydrogen (secondary N) is 3. The molecule has 0 aromatic heterocycles. The van der Waals surface area contributed by atoms with Gasteiger partial charge in [0, 0.05) is 12.2 Å². The van der Waals surface area contributed by atoms with Crippen LogP contribution in [0, 0.1) is 6.92 Å². The number of benzene rings is 2. The SMILES string of the molecule is Cc1ccc(CNC(=O)CNS(=O)(=O)c2ccc3c(c2)CC(=O)N3)cc1. The van der Waals surface area contributed by atoms with Crippen molar-refractivity contribution in [3.05, 3.63) is 59.2 Å². The van der Waals surface area contributed by atoms with Crippen LogP contribution < -0.4 is 15.4 Å². The second kappa shape index (κ2) is 7.27. The van der Waals surface area contributed by atoms with E-state index in [2.05, 4.69) is 15.4 Å². The van der Waals surface area contributed by atoms with Gasteiger partial charge >= 0.3 is 0 Å². The summed E-state index contributed by atoms with van der Waals surface area (Å²) in [5, 5.41) is 5.31. The monoisotopic (exact) mass is 373 g/mol. The van der Waals surface area contributed by atoms with E-state index in [9.17, 15) is 18.0 Å². The predicted molar refractivity (Wildman–Crippen MR) is 97.0 cm³/mol. The zero-order valence-corrected chi connectivity index (χ0v) is 15.0. The summed E-state index contributed by atoms with van der Waals surface area (Å²) in [5.74, 6) is -0.592. The van der Waals surface area contributed by atoms with Crippen LogP contribution in [-0.2, 0) is 32.6 Å². The molecular formula is C18H19N3O4S. The highest BCUT2D eigenvalue weighted by atomic mass is 32.2. The van der Waals surface area contributed by atoms with Crippen molar-refractivity contribution in [2.75, 3.05) is 11.9 Å². The minimum absolute atomic E-state index is 0.0269. The molecule has 2 amide bonds. The van der Waals surface area contributed by atoms with E-state index in [-0.39, 0.29) is 23.8 Å². The van der Waals surface area contributed by atoms with Crippen LogP contribution in [0.1, 0.15) is 16.7 Å². The number of carbonyl (C=O) groups excluding carboxylic acids is 2. The molecule has 3 rings (SSSR count). The summed E-state index contributed by atoms with van der Waals surface area (Å²) in [6, 6.07) is 12.1. The lowest BCUT2D eigenvalue weighted by atomic mass is 10.1. The molecule has 0 spiro atoms. The Kier molecular flexibility index (Phi) is 5.06. The maximum Gasteiger partial charge on any atom is 0.241 e. The molecule has 0 saturated carbocycles. The molecule has 0 radical (unpaired) electrons. The van der Waals surface area contributed by atoms with Crippen molar-refractivity contribution < 1.29 is 18.0 Å². The van der Waals surface area contributed by atoms with E-state index < -0.39 is 15.9 Å². The summed E-state index contributed by atoms with van der Waals surface area (Å²) in [7, 11) is -3.83. The Balaban J connectivity index is 1.56. The van der Waals surface area contributed by atoms with Crippen molar-refractivity contribution in [1.82, 2.24) is 10.0 Å². The maximum absolute atomic E-state index is 12.3. The number of amides is 2. The van der Waals surface area contributed by atoms with Crippen LogP contribution in [0.15, 0.2) is 47.4 Å². The quantitative estimate of drug-likeness (QED) is 0.705. The third kappa shape index (κ3) is 4.27. The molecule has 0 fully saturated rings. The average molecular weight is 373 g/mol. The Bertz CT molecular complexity index is 953. The molecule has 7 nitrogen and oxygen atoms in total. The third-order valence-electron chi connectivity index (χ3n) is 4.05. The summed E-state index contributed by atoms with van der Waals surface area (Å²) in [6.07, 6.45) is 0.149. The van der Waals surface area contributed by atoms with Crippen LogP contribution in [0.2, 0.25) is 0 Å². The first-order chi connectivity index (χ1) is 12.3. The molecule has 0 unspecified atom stereocenters. The van der Waals surface area contributed by atoms with E-state index in [1.807, 2.05) is 31.2 Å². The Morgan fingerprint density at radius 3 is 2.62 bits per heavy atom. The van der Waals surface area contributed by atoms with Gasteiger partial charge < -0.3 is 10.6 Å². The Hall–Kier alpha value is -2.71. The molecule has 1 aliphatic rings. The molecule has 2 aromatic rings. The topological polar surface area (TPSA) is 104 Å². The highest BCUT2D eigenvalue weighted by Crippen LogP contribution is 2.25. The normalized spacial score (nSPS) is 13.2. The minimum Gasteiger partial charge on any atom is -0.351 e. The number of aryl methyl sites for hydroxylation is 1. The number of fused-ring (bicyclic) bond motifs is 1. The molecular weight excluding hydrogens is 354 g/mol. The summed E-state index contributed by atoms with van der Waals surface area (Å²) < 4.78 is 26.9. The fraction of sp³-hybridized carbons (Fsp3) is 0.222. The first-order valence-corrected chi connectivity index (χ1v) is 9.56. The van der Waals surface area contributed by atoms with Crippen LogP contribution in [0.4, 0.5) is 5.69 Å². The number of anilines is 1. The van der Waals surface area contributed by atoms with Crippen molar-refractivity contribution in [3.63, 3.8) is 0 Å². The third-order valence-corrected chi connectivity index (χ3v) is 5.44. The van der Waals surface area contributed by atoms with E-state index in [0.29, 0.717) is 17.8 Å². The predicted octanol–water partition coefficient (Wildman–Crippen LogP) is 1.08. The van der Waals surface area contributed by atoms with Gasteiger partial charge in [-0.05, 0) is 36.2 Å². The van der Waals surface area contributed by atoms with E-state index in [1.165, 1.54) is 12.1 Å². The fourth-order valence-corrected chi connectivity index (χ4v) is 3.62. The van der Waals surface area contributed by atoms with Gasteiger partial charge in [-0.3, -0.25) is 9.59 Å². The molecule has 136 valence electrons. The molecule has 1 heterocycles. The molecule has 2 aromatic carbocycles. The summed E-state index contributed by atoms with van der Waals surface area (Å²) >= 11 is 0. The van der Waals surface area contributed by atoms with Gasteiger partial charge in [-0.1, -0.05) is 29.8 Å². The Morgan fingerprint density at radius 1 is 1.15 bits per heavy atom. The molecule has 0 atom stereocenters. The lowest BCUT2D eigenvalue weighted by Crippen LogP contribution is -2.36. The van der Waals surface area contributed by atoms with Gasteiger partial charge in [0.15, 0.2) is 0 Å². The number of hydrogen-bond acceptors (Lipinski definition) is 4. The van der Waals surface area contributed by atoms with Crippen LogP contribution in [0.25, 0.3) is 0 Å². The van der Waals surface area contributed by atoms with Crippen molar-refractivity contribution in [2.45, 2.75) is 24.8 Å². The summed E-state index contributed by atoms with van der Waals surface area (Å²) in [5.41, 5.74) is 3.30. The maximum atomic E-state index is 12.3. The number of carbonyl (C=O) groups is 2. The standard InChI is InChI=1S/C18H19N3O4S/c1-12-2-4-13(5-3-12)10-19-18(23)11-20-26(24,25)15-6-7-16-14(8-15)9-17(22)21-16/h2-8,20H,9-11H2,1H3,(H,19,23)(H,21,22). The zero-order chi connectivity index (χ0) is 18.7. The number of sulfonamides is 1. The lowest BCUT2D eigenvalue weighted by molar-refractivity contribution is -0.120. The van der Waals surface area contributed by atoms with Crippen LogP contribution in [0.3, 0.4) is 0 Å². The van der Waals surface area contributed by atoms with Gasteiger partial charge in [0.1, 0.15) is 0 Å². The molecule has 8 heteroatoms. The van der Waals surface area contributed by atoms with Gasteiger partial charge in [0.25, 0.3) is 0 Å². The van der Waals surface area contributed by atoms with Crippen LogP contribution in [-0.4, -0.2) is 26.8 Å². The Labute approximate surface area is 151 Å². The second-order valence-electron chi connectivity index (χ2n) is 6.13. The largest absolute Gasteiger partial charge is 0.351 e. The van der Waals surface area contributed by atoms with E-state index in [1.54, 1.807) is 6.07 Å². The van der Waals surface area contributed by atoms with Gasteiger partial charge in [-0.2, -0.15) is 0 Å². The molecule has 0 bridgehead atoms. The van der Waals surface area contributed by atoms with Gasteiger partial charge in [-0.15, -0.1) is 0 Å². The summed E-state index contributed by atoms with van der Waals surface area (Å²) in [4.78, 5) is 23.3. The van der Waals surface area contributed by atoms with Crippen molar-refractivity contribution in [1.29, 1.82) is 0 Å². The second-order valence-corrected chi connectivity index (χ2v) is 7.90. The molecule has 0 aliphatic carbocycles. The van der Waals surface area contributed by atoms with Crippen LogP contribution >= 0.6 is 0 Å². The van der Waals surface area contributed by atoms with E-state index in [0.717, 1.165) is 11.1 Å². The first-order valence-electron chi connectivity index (χ1n) is 8.08. The minimum atomic E-state index is -3.83. The first kappa shape index (κ1) is 18.1. The molecule has 3 N–H and O–H groups in total. The lowest BCUT2D eigenvalue weighted by Gasteiger charge is -2.09. The van der Waals surface area contributed by atoms with Gasteiger partial charge in [0.05, 0.1) is 17.9 Å². The number of hydrogen-bond donors (Lipinski definition) is 3. The number of rotatable bonds is 6. The van der Waals surface area contributed by atoms with E-state index in [4.69, 9.17) is 0 Å². The fourth-order valence-electron chi connectivity index (χ4n) is 2.59. The Morgan fingerprint density at radius 2 is 1.88 bits per heavy atom. The smallest absolute Gasteiger partial charge is 0.241 e. The molecule has 26 heavy (non-hydrogen) atoms. The van der Waals surface area contributed by atoms with Gasteiger partial charge in [0.2, 0.25) is 21.8 Å². The highest BCUT2D eigenvalue weighted by Gasteiger charge is 2.22.